The van der Waals surface area contributed by atoms with Crippen molar-refractivity contribution in [1.29, 1.82) is 0 Å². The highest BCUT2D eigenvalue weighted by Gasteiger charge is 2.16. The van der Waals surface area contributed by atoms with Crippen molar-refractivity contribution in [3.05, 3.63) is 18.2 Å². The van der Waals surface area contributed by atoms with Gasteiger partial charge in [0.2, 0.25) is 12.7 Å². The van der Waals surface area contributed by atoms with E-state index in [-0.39, 0.29) is 18.6 Å². The Morgan fingerprint density at radius 3 is 2.80 bits per heavy atom. The molecule has 0 radical (unpaired) electrons. The SMILES string of the molecule is CC(C)C[C@H](CN)CC(=O)Nc1ccc2c(c1)OCO2. The van der Waals surface area contributed by atoms with E-state index in [1.54, 1.807) is 12.1 Å². The summed E-state index contributed by atoms with van der Waals surface area (Å²) < 4.78 is 10.5. The van der Waals surface area contributed by atoms with Crippen LogP contribution in [0.15, 0.2) is 18.2 Å². The molecule has 0 aliphatic carbocycles. The third-order valence-corrected chi connectivity index (χ3v) is 3.27. The molecular formula is C15H22N2O3. The number of anilines is 1. The monoisotopic (exact) mass is 278 g/mol. The Labute approximate surface area is 119 Å². The number of amides is 1. The van der Waals surface area contributed by atoms with Crippen molar-refractivity contribution < 1.29 is 14.3 Å². The van der Waals surface area contributed by atoms with Crippen molar-refractivity contribution in [2.45, 2.75) is 26.7 Å². The van der Waals surface area contributed by atoms with Gasteiger partial charge in [-0.25, -0.2) is 0 Å². The summed E-state index contributed by atoms with van der Waals surface area (Å²) in [4.78, 5) is 12.0. The summed E-state index contributed by atoms with van der Waals surface area (Å²) in [5, 5.41) is 2.88. The normalized spacial score (nSPS) is 14.4. The molecule has 0 saturated carbocycles. The molecule has 0 aromatic heterocycles. The van der Waals surface area contributed by atoms with E-state index in [1.807, 2.05) is 6.07 Å². The van der Waals surface area contributed by atoms with Crippen LogP contribution in [0, 0.1) is 11.8 Å². The number of hydrogen-bond donors (Lipinski definition) is 2. The number of ether oxygens (including phenoxy) is 2. The Hall–Kier alpha value is -1.75. The summed E-state index contributed by atoms with van der Waals surface area (Å²) in [6.45, 7) is 5.04. The maximum atomic E-state index is 12.0. The minimum atomic E-state index is -0.0139. The number of nitrogens with two attached hydrogens (primary N) is 1. The predicted octanol–water partition coefficient (Wildman–Crippen LogP) is 2.36. The highest BCUT2D eigenvalue weighted by atomic mass is 16.7. The van der Waals surface area contributed by atoms with Gasteiger partial charge >= 0.3 is 0 Å². The van der Waals surface area contributed by atoms with E-state index in [4.69, 9.17) is 15.2 Å². The second kappa shape index (κ2) is 6.61. The second-order valence-electron chi connectivity index (χ2n) is 5.55. The van der Waals surface area contributed by atoms with Gasteiger partial charge in [-0.3, -0.25) is 4.79 Å². The van der Waals surface area contributed by atoms with Gasteiger partial charge in [-0.2, -0.15) is 0 Å². The summed E-state index contributed by atoms with van der Waals surface area (Å²) >= 11 is 0. The molecule has 5 nitrogen and oxygen atoms in total. The van der Waals surface area contributed by atoms with E-state index in [0.717, 1.165) is 12.1 Å². The lowest BCUT2D eigenvalue weighted by molar-refractivity contribution is -0.117. The standard InChI is InChI=1S/C15H22N2O3/c1-10(2)5-11(8-16)6-15(18)17-12-3-4-13-14(7-12)20-9-19-13/h3-4,7,10-11H,5-6,8-9,16H2,1-2H3,(H,17,18)/t11-/m0/s1. The molecule has 0 bridgehead atoms. The molecule has 0 unspecified atom stereocenters. The van der Waals surface area contributed by atoms with Crippen LogP contribution in [0.4, 0.5) is 5.69 Å². The first kappa shape index (κ1) is 14.7. The first-order valence-corrected chi connectivity index (χ1v) is 6.98. The molecule has 20 heavy (non-hydrogen) atoms. The minimum Gasteiger partial charge on any atom is -0.454 e. The van der Waals surface area contributed by atoms with E-state index in [2.05, 4.69) is 19.2 Å². The Morgan fingerprint density at radius 2 is 2.10 bits per heavy atom. The Morgan fingerprint density at radius 1 is 1.35 bits per heavy atom. The summed E-state index contributed by atoms with van der Waals surface area (Å²) in [6.07, 6.45) is 1.41. The van der Waals surface area contributed by atoms with Gasteiger partial charge in [-0.05, 0) is 36.9 Å². The van der Waals surface area contributed by atoms with Crippen LogP contribution in [-0.4, -0.2) is 19.2 Å². The fourth-order valence-electron chi connectivity index (χ4n) is 2.38. The zero-order valence-corrected chi connectivity index (χ0v) is 12.0. The average Bonchev–Trinajstić information content (AvgIpc) is 2.84. The van der Waals surface area contributed by atoms with E-state index in [1.165, 1.54) is 0 Å². The van der Waals surface area contributed by atoms with Gasteiger partial charge in [-0.15, -0.1) is 0 Å². The average molecular weight is 278 g/mol. The van der Waals surface area contributed by atoms with Gasteiger partial charge in [0.1, 0.15) is 0 Å². The maximum absolute atomic E-state index is 12.0. The number of rotatable bonds is 6. The molecule has 1 aromatic carbocycles. The number of fused-ring (bicyclic) bond motifs is 1. The molecule has 1 aromatic rings. The molecule has 1 heterocycles. The summed E-state index contributed by atoms with van der Waals surface area (Å²) in [5.74, 6) is 2.13. The lowest BCUT2D eigenvalue weighted by Gasteiger charge is -2.16. The van der Waals surface area contributed by atoms with Gasteiger partial charge in [0.05, 0.1) is 0 Å². The molecule has 0 saturated heterocycles. The molecule has 1 atom stereocenters. The summed E-state index contributed by atoms with van der Waals surface area (Å²) in [6, 6.07) is 5.39. The van der Waals surface area contributed by atoms with E-state index < -0.39 is 0 Å². The van der Waals surface area contributed by atoms with Crippen molar-refractivity contribution in [3.63, 3.8) is 0 Å². The molecule has 3 N–H and O–H groups in total. The van der Waals surface area contributed by atoms with E-state index >= 15 is 0 Å². The van der Waals surface area contributed by atoms with Gasteiger partial charge in [0.15, 0.2) is 11.5 Å². The predicted molar refractivity (Wildman–Crippen MR) is 77.8 cm³/mol. The topological polar surface area (TPSA) is 73.6 Å². The van der Waals surface area contributed by atoms with Crippen molar-refractivity contribution in [1.82, 2.24) is 0 Å². The fourth-order valence-corrected chi connectivity index (χ4v) is 2.38. The van der Waals surface area contributed by atoms with Gasteiger partial charge < -0.3 is 20.5 Å². The first-order chi connectivity index (χ1) is 9.58. The molecule has 1 amide bonds. The number of carbonyl (C=O) groups excluding carboxylic acids is 1. The first-order valence-electron chi connectivity index (χ1n) is 6.98. The zero-order valence-electron chi connectivity index (χ0n) is 12.0. The number of carbonyl (C=O) groups is 1. The van der Waals surface area contributed by atoms with Crippen LogP contribution in [0.1, 0.15) is 26.7 Å². The third-order valence-electron chi connectivity index (χ3n) is 3.27. The molecule has 5 heteroatoms. The van der Waals surface area contributed by atoms with E-state index in [0.29, 0.717) is 30.4 Å². The third kappa shape index (κ3) is 3.87. The van der Waals surface area contributed by atoms with Crippen LogP contribution >= 0.6 is 0 Å². The van der Waals surface area contributed by atoms with Crippen LogP contribution in [0.25, 0.3) is 0 Å². The zero-order chi connectivity index (χ0) is 14.5. The lowest BCUT2D eigenvalue weighted by Crippen LogP contribution is -2.23. The fraction of sp³-hybridized carbons (Fsp3) is 0.533. The molecule has 2 rings (SSSR count). The largest absolute Gasteiger partial charge is 0.454 e. The highest BCUT2D eigenvalue weighted by Crippen LogP contribution is 2.34. The number of nitrogens with one attached hydrogen (secondary N) is 1. The van der Waals surface area contributed by atoms with Crippen molar-refractivity contribution in [2.75, 3.05) is 18.7 Å². The van der Waals surface area contributed by atoms with Gasteiger partial charge in [0.25, 0.3) is 0 Å². The molecular weight excluding hydrogens is 256 g/mol. The number of hydrogen-bond acceptors (Lipinski definition) is 4. The van der Waals surface area contributed by atoms with Crippen LogP contribution < -0.4 is 20.5 Å². The van der Waals surface area contributed by atoms with E-state index in [9.17, 15) is 4.79 Å². The highest BCUT2D eigenvalue weighted by molar-refractivity contribution is 5.91. The number of benzene rings is 1. The molecule has 0 fully saturated rings. The maximum Gasteiger partial charge on any atom is 0.231 e. The second-order valence-corrected chi connectivity index (χ2v) is 5.55. The molecule has 1 aliphatic heterocycles. The molecule has 1 aliphatic rings. The quantitative estimate of drug-likeness (QED) is 0.837. The summed E-state index contributed by atoms with van der Waals surface area (Å²) in [7, 11) is 0. The van der Waals surface area contributed by atoms with Crippen molar-refractivity contribution >= 4 is 11.6 Å². The Bertz CT molecular complexity index is 474. The lowest BCUT2D eigenvalue weighted by atomic mass is 9.94. The van der Waals surface area contributed by atoms with Crippen LogP contribution in [0.5, 0.6) is 11.5 Å². The minimum absolute atomic E-state index is 0.0139. The van der Waals surface area contributed by atoms with Crippen LogP contribution in [-0.2, 0) is 4.79 Å². The summed E-state index contributed by atoms with van der Waals surface area (Å²) in [5.41, 5.74) is 6.44. The van der Waals surface area contributed by atoms with Gasteiger partial charge in [-0.1, -0.05) is 13.8 Å². The van der Waals surface area contributed by atoms with Crippen LogP contribution in [0.3, 0.4) is 0 Å². The Kier molecular flexibility index (Phi) is 4.84. The molecule has 110 valence electrons. The van der Waals surface area contributed by atoms with Gasteiger partial charge in [0, 0.05) is 18.2 Å². The van der Waals surface area contributed by atoms with Crippen LogP contribution in [0.2, 0.25) is 0 Å². The molecule has 0 spiro atoms. The van der Waals surface area contributed by atoms with Crippen molar-refractivity contribution in [3.8, 4) is 11.5 Å². The van der Waals surface area contributed by atoms with Crippen molar-refractivity contribution in [2.24, 2.45) is 17.6 Å². The smallest absolute Gasteiger partial charge is 0.231 e. The Balaban J connectivity index is 1.90.